The second kappa shape index (κ2) is 6.81. The van der Waals surface area contributed by atoms with Gasteiger partial charge in [-0.1, -0.05) is 12.1 Å². The average Bonchev–Trinajstić information content (AvgIpc) is 2.97. The highest BCUT2D eigenvalue weighted by molar-refractivity contribution is 5.87. The van der Waals surface area contributed by atoms with Crippen molar-refractivity contribution < 1.29 is 4.39 Å². The minimum Gasteiger partial charge on any atom is -0.382 e. The Morgan fingerprint density at radius 3 is 2.59 bits per heavy atom. The van der Waals surface area contributed by atoms with E-state index in [4.69, 9.17) is 5.73 Å². The van der Waals surface area contributed by atoms with E-state index in [1.807, 2.05) is 0 Å². The molecule has 0 aliphatic carbocycles. The summed E-state index contributed by atoms with van der Waals surface area (Å²) in [5.74, 6) is 0.821. The minimum absolute atomic E-state index is 0. The number of rotatable bonds is 2. The molecule has 0 aliphatic heterocycles. The van der Waals surface area contributed by atoms with Crippen molar-refractivity contribution in [2.75, 3.05) is 5.73 Å². The third kappa shape index (κ3) is 3.15. The second-order valence-electron chi connectivity index (χ2n) is 5.95. The van der Waals surface area contributed by atoms with Crippen LogP contribution in [-0.4, -0.2) is 24.1 Å². The lowest BCUT2D eigenvalue weighted by atomic mass is 10.2. The molecule has 0 aliphatic rings. The Morgan fingerprint density at radius 1 is 1.11 bits per heavy atom. The molecule has 0 saturated carbocycles. The van der Waals surface area contributed by atoms with Gasteiger partial charge in [-0.2, -0.15) is 0 Å². The van der Waals surface area contributed by atoms with Gasteiger partial charge < -0.3 is 10.3 Å². The van der Waals surface area contributed by atoms with Crippen LogP contribution in [0.4, 0.5) is 10.2 Å². The number of imidazole rings is 1. The Bertz CT molecular complexity index is 1220. The standard InChI is InChI=1S/C18H15FN6O.ClH/c1-10-21-16(20)15-18(22-10)25(13-6-7-14(26)24(2)9-13)17(23-15)11-4-3-5-12(19)8-11;/h3-9H,1-2H3,(H2,20,21,22);1H. The number of halogens is 2. The van der Waals surface area contributed by atoms with Crippen LogP contribution >= 0.6 is 12.4 Å². The molecule has 7 nitrogen and oxygen atoms in total. The monoisotopic (exact) mass is 386 g/mol. The van der Waals surface area contributed by atoms with Crippen LogP contribution in [0, 0.1) is 12.7 Å². The van der Waals surface area contributed by atoms with Gasteiger partial charge in [0.25, 0.3) is 0 Å². The molecule has 0 fully saturated rings. The third-order valence-electron chi connectivity index (χ3n) is 4.06. The highest BCUT2D eigenvalue weighted by Crippen LogP contribution is 2.29. The Hall–Kier alpha value is -3.26. The van der Waals surface area contributed by atoms with Gasteiger partial charge in [0.05, 0.1) is 5.69 Å². The molecule has 0 bridgehead atoms. The highest BCUT2D eigenvalue weighted by atomic mass is 35.5. The number of hydrogen-bond donors (Lipinski definition) is 1. The van der Waals surface area contributed by atoms with Crippen molar-refractivity contribution >= 4 is 29.4 Å². The molecular formula is C18H16ClFN6O. The maximum absolute atomic E-state index is 13.8. The molecule has 0 amide bonds. The number of nitrogens with zero attached hydrogens (tertiary/aromatic N) is 5. The molecule has 1 aromatic carbocycles. The fourth-order valence-corrected chi connectivity index (χ4v) is 2.87. The summed E-state index contributed by atoms with van der Waals surface area (Å²) in [6, 6.07) is 9.22. The molecule has 0 spiro atoms. The predicted octanol–water partition coefficient (Wildman–Crippen LogP) is 2.63. The highest BCUT2D eigenvalue weighted by Gasteiger charge is 2.19. The summed E-state index contributed by atoms with van der Waals surface area (Å²) >= 11 is 0. The zero-order chi connectivity index (χ0) is 18.4. The number of hydrogen-bond acceptors (Lipinski definition) is 5. The van der Waals surface area contributed by atoms with E-state index in [9.17, 15) is 9.18 Å². The first kappa shape index (κ1) is 18.5. The van der Waals surface area contributed by atoms with E-state index in [1.54, 1.807) is 42.9 Å². The molecule has 138 valence electrons. The summed E-state index contributed by atoms with van der Waals surface area (Å²) in [5, 5.41) is 0. The maximum atomic E-state index is 13.8. The molecule has 0 atom stereocenters. The lowest BCUT2D eigenvalue weighted by Gasteiger charge is -2.10. The van der Waals surface area contributed by atoms with E-state index >= 15 is 0 Å². The first-order valence-electron chi connectivity index (χ1n) is 7.89. The van der Waals surface area contributed by atoms with Crippen LogP contribution in [0.2, 0.25) is 0 Å². The summed E-state index contributed by atoms with van der Waals surface area (Å²) in [5.41, 5.74) is 8.02. The van der Waals surface area contributed by atoms with Crippen LogP contribution in [0.25, 0.3) is 28.2 Å². The van der Waals surface area contributed by atoms with Crippen molar-refractivity contribution in [3.63, 3.8) is 0 Å². The SMILES string of the molecule is Cc1nc(N)c2nc(-c3cccc(F)c3)n(-c3ccc(=O)n(C)c3)c2n1.Cl. The first-order valence-corrected chi connectivity index (χ1v) is 7.89. The van der Waals surface area contributed by atoms with Crippen LogP contribution < -0.4 is 11.3 Å². The van der Waals surface area contributed by atoms with Crippen LogP contribution in [0.5, 0.6) is 0 Å². The van der Waals surface area contributed by atoms with Gasteiger partial charge in [0.2, 0.25) is 5.56 Å². The van der Waals surface area contributed by atoms with Crippen molar-refractivity contribution in [2.24, 2.45) is 7.05 Å². The van der Waals surface area contributed by atoms with E-state index in [1.165, 1.54) is 22.8 Å². The Labute approximate surface area is 159 Å². The molecule has 27 heavy (non-hydrogen) atoms. The van der Waals surface area contributed by atoms with E-state index in [0.29, 0.717) is 34.1 Å². The molecule has 4 aromatic rings. The van der Waals surface area contributed by atoms with E-state index < -0.39 is 0 Å². The van der Waals surface area contributed by atoms with E-state index in [0.717, 1.165) is 0 Å². The van der Waals surface area contributed by atoms with Crippen molar-refractivity contribution in [1.82, 2.24) is 24.1 Å². The molecule has 0 unspecified atom stereocenters. The largest absolute Gasteiger partial charge is 0.382 e. The lowest BCUT2D eigenvalue weighted by Crippen LogP contribution is -2.15. The lowest BCUT2D eigenvalue weighted by molar-refractivity contribution is 0.628. The Balaban J connectivity index is 0.00000210. The van der Waals surface area contributed by atoms with Crippen molar-refractivity contribution in [3.05, 3.63) is 64.6 Å². The van der Waals surface area contributed by atoms with Gasteiger partial charge in [-0.15, -0.1) is 12.4 Å². The first-order chi connectivity index (χ1) is 12.4. The predicted molar refractivity (Wildman–Crippen MR) is 104 cm³/mol. The van der Waals surface area contributed by atoms with E-state index in [2.05, 4.69) is 15.0 Å². The van der Waals surface area contributed by atoms with Gasteiger partial charge in [0, 0.05) is 24.9 Å². The van der Waals surface area contributed by atoms with Gasteiger partial charge >= 0.3 is 0 Å². The minimum atomic E-state index is -0.378. The summed E-state index contributed by atoms with van der Waals surface area (Å²) < 4.78 is 17.0. The number of nitrogens with two attached hydrogens (primary N) is 1. The number of fused-ring (bicyclic) bond motifs is 1. The molecule has 2 N–H and O–H groups in total. The third-order valence-corrected chi connectivity index (χ3v) is 4.06. The number of aromatic nitrogens is 5. The fourth-order valence-electron chi connectivity index (χ4n) is 2.87. The normalized spacial score (nSPS) is 10.8. The number of benzene rings is 1. The summed E-state index contributed by atoms with van der Waals surface area (Å²) in [6.45, 7) is 1.73. The molecule has 4 rings (SSSR count). The smallest absolute Gasteiger partial charge is 0.250 e. The zero-order valence-corrected chi connectivity index (χ0v) is 15.4. The van der Waals surface area contributed by atoms with Gasteiger partial charge in [0.1, 0.15) is 17.5 Å². The van der Waals surface area contributed by atoms with Crippen LogP contribution in [0.3, 0.4) is 0 Å². The van der Waals surface area contributed by atoms with Crippen molar-refractivity contribution in [1.29, 1.82) is 0 Å². The zero-order valence-electron chi connectivity index (χ0n) is 14.5. The van der Waals surface area contributed by atoms with Crippen LogP contribution in [0.15, 0.2) is 47.4 Å². The van der Waals surface area contributed by atoms with E-state index in [-0.39, 0.29) is 29.6 Å². The molecule has 0 radical (unpaired) electrons. The van der Waals surface area contributed by atoms with Gasteiger partial charge in [-0.25, -0.2) is 19.3 Å². The van der Waals surface area contributed by atoms with Crippen LogP contribution in [0.1, 0.15) is 5.82 Å². The van der Waals surface area contributed by atoms with Gasteiger partial charge in [-0.05, 0) is 25.1 Å². The summed E-state index contributed by atoms with van der Waals surface area (Å²) in [6.07, 6.45) is 1.67. The molecule has 0 saturated heterocycles. The summed E-state index contributed by atoms with van der Waals surface area (Å²) in [4.78, 5) is 24.9. The maximum Gasteiger partial charge on any atom is 0.250 e. The van der Waals surface area contributed by atoms with Gasteiger partial charge in [-0.3, -0.25) is 9.36 Å². The summed E-state index contributed by atoms with van der Waals surface area (Å²) in [7, 11) is 1.65. The van der Waals surface area contributed by atoms with Crippen LogP contribution in [-0.2, 0) is 7.05 Å². The quantitative estimate of drug-likeness (QED) is 0.571. The van der Waals surface area contributed by atoms with Gasteiger partial charge in [0.15, 0.2) is 17.0 Å². The van der Waals surface area contributed by atoms with Crippen molar-refractivity contribution in [2.45, 2.75) is 6.92 Å². The number of aryl methyl sites for hydroxylation is 2. The Morgan fingerprint density at radius 2 is 1.89 bits per heavy atom. The average molecular weight is 387 g/mol. The Kier molecular flexibility index (Phi) is 4.67. The second-order valence-corrected chi connectivity index (χ2v) is 5.95. The number of anilines is 1. The topological polar surface area (TPSA) is 91.6 Å². The molecular weight excluding hydrogens is 371 g/mol. The fraction of sp³-hybridized carbons (Fsp3) is 0.111. The molecule has 3 heterocycles. The molecule has 3 aromatic heterocycles. The molecule has 9 heteroatoms. The van der Waals surface area contributed by atoms with Crippen molar-refractivity contribution in [3.8, 4) is 17.1 Å². The number of pyridine rings is 1. The number of nitrogen functional groups attached to an aromatic ring is 1.